The second kappa shape index (κ2) is 6.38. The Morgan fingerprint density at radius 1 is 1.15 bits per heavy atom. The summed E-state index contributed by atoms with van der Waals surface area (Å²) in [5.74, 6) is 0.829. The van der Waals surface area contributed by atoms with E-state index in [2.05, 4.69) is 59.6 Å². The van der Waals surface area contributed by atoms with Crippen molar-refractivity contribution in [1.29, 1.82) is 0 Å². The fourth-order valence-electron chi connectivity index (χ4n) is 3.14. The maximum atomic E-state index is 3.63. The predicted octanol–water partition coefficient (Wildman–Crippen LogP) is 3.27. The van der Waals surface area contributed by atoms with Crippen LogP contribution >= 0.6 is 0 Å². The molecule has 1 atom stereocenters. The van der Waals surface area contributed by atoms with Crippen molar-refractivity contribution < 1.29 is 0 Å². The number of hydrogen-bond acceptors (Lipinski definition) is 2. The molecular weight excluding hydrogens is 244 g/mol. The third kappa shape index (κ3) is 3.20. The molecule has 3 rings (SSSR count). The van der Waals surface area contributed by atoms with E-state index in [1.807, 2.05) is 0 Å². The molecule has 1 saturated heterocycles. The van der Waals surface area contributed by atoms with Crippen molar-refractivity contribution in [3.63, 3.8) is 0 Å². The lowest BCUT2D eigenvalue weighted by atomic mass is 10.1. The van der Waals surface area contributed by atoms with Crippen LogP contribution in [-0.4, -0.2) is 31.1 Å². The van der Waals surface area contributed by atoms with Gasteiger partial charge < -0.3 is 10.2 Å². The van der Waals surface area contributed by atoms with E-state index in [1.54, 1.807) is 0 Å². The molecule has 0 amide bonds. The Kier molecular flexibility index (Phi) is 4.34. The molecule has 2 aromatic carbocycles. The molecule has 1 heterocycles. The third-order valence-electron chi connectivity index (χ3n) is 4.39. The minimum absolute atomic E-state index is 0.829. The first-order valence-electron chi connectivity index (χ1n) is 7.76. The van der Waals surface area contributed by atoms with Crippen molar-refractivity contribution in [2.45, 2.75) is 19.9 Å². The standard InChI is InChI=1S/C18H24N2/c1-2-20-10-9-16(14-20)13-19-12-15-7-8-17-5-3-4-6-18(17)11-15/h3-8,11,16,19H,2,9-10,12-14H2,1H3. The molecule has 1 N–H and O–H groups in total. The van der Waals surface area contributed by atoms with Gasteiger partial charge in [-0.2, -0.15) is 0 Å². The minimum atomic E-state index is 0.829. The number of fused-ring (bicyclic) bond motifs is 1. The maximum Gasteiger partial charge on any atom is 0.0205 e. The van der Waals surface area contributed by atoms with Crippen LogP contribution in [0.3, 0.4) is 0 Å². The molecule has 0 saturated carbocycles. The molecule has 2 heteroatoms. The maximum absolute atomic E-state index is 3.63. The number of likely N-dealkylation sites (tertiary alicyclic amines) is 1. The van der Waals surface area contributed by atoms with Crippen molar-refractivity contribution in [3.05, 3.63) is 48.0 Å². The molecule has 1 unspecified atom stereocenters. The summed E-state index contributed by atoms with van der Waals surface area (Å²) in [6, 6.07) is 15.3. The Hall–Kier alpha value is -1.38. The summed E-state index contributed by atoms with van der Waals surface area (Å²) < 4.78 is 0. The van der Waals surface area contributed by atoms with Gasteiger partial charge in [-0.1, -0.05) is 43.3 Å². The largest absolute Gasteiger partial charge is 0.312 e. The summed E-state index contributed by atoms with van der Waals surface area (Å²) >= 11 is 0. The summed E-state index contributed by atoms with van der Waals surface area (Å²) in [6.45, 7) is 8.11. The zero-order chi connectivity index (χ0) is 13.8. The van der Waals surface area contributed by atoms with E-state index in [4.69, 9.17) is 0 Å². The highest BCUT2D eigenvalue weighted by molar-refractivity contribution is 5.82. The SMILES string of the molecule is CCN1CCC(CNCc2ccc3ccccc3c2)C1. The lowest BCUT2D eigenvalue weighted by molar-refractivity contribution is 0.339. The van der Waals surface area contributed by atoms with Crippen molar-refractivity contribution in [2.24, 2.45) is 5.92 Å². The van der Waals surface area contributed by atoms with Gasteiger partial charge in [-0.15, -0.1) is 0 Å². The van der Waals surface area contributed by atoms with Crippen molar-refractivity contribution >= 4 is 10.8 Å². The third-order valence-corrected chi connectivity index (χ3v) is 4.39. The van der Waals surface area contributed by atoms with E-state index in [0.717, 1.165) is 19.0 Å². The Balaban J connectivity index is 1.52. The quantitative estimate of drug-likeness (QED) is 0.895. The fourth-order valence-corrected chi connectivity index (χ4v) is 3.14. The monoisotopic (exact) mass is 268 g/mol. The number of nitrogens with zero attached hydrogens (tertiary/aromatic N) is 1. The van der Waals surface area contributed by atoms with Gasteiger partial charge in [0.05, 0.1) is 0 Å². The van der Waals surface area contributed by atoms with Gasteiger partial charge in [0.2, 0.25) is 0 Å². The van der Waals surface area contributed by atoms with E-state index in [1.165, 1.54) is 42.4 Å². The van der Waals surface area contributed by atoms with E-state index in [0.29, 0.717) is 0 Å². The van der Waals surface area contributed by atoms with Gasteiger partial charge in [0, 0.05) is 13.1 Å². The number of nitrogens with one attached hydrogen (secondary N) is 1. The van der Waals surface area contributed by atoms with E-state index in [9.17, 15) is 0 Å². The lowest BCUT2D eigenvalue weighted by Gasteiger charge is -2.14. The molecular formula is C18H24N2. The molecule has 2 aromatic rings. The van der Waals surface area contributed by atoms with E-state index >= 15 is 0 Å². The molecule has 0 aromatic heterocycles. The van der Waals surface area contributed by atoms with Crippen LogP contribution in [0.2, 0.25) is 0 Å². The van der Waals surface area contributed by atoms with E-state index in [-0.39, 0.29) is 0 Å². The zero-order valence-electron chi connectivity index (χ0n) is 12.3. The summed E-state index contributed by atoms with van der Waals surface area (Å²) in [4.78, 5) is 2.54. The van der Waals surface area contributed by atoms with Crippen LogP contribution in [0, 0.1) is 5.92 Å². The Morgan fingerprint density at radius 2 is 2.00 bits per heavy atom. The molecule has 2 nitrogen and oxygen atoms in total. The zero-order valence-corrected chi connectivity index (χ0v) is 12.3. The van der Waals surface area contributed by atoms with E-state index < -0.39 is 0 Å². The lowest BCUT2D eigenvalue weighted by Crippen LogP contribution is -2.26. The molecule has 1 aliphatic rings. The van der Waals surface area contributed by atoms with Crippen LogP contribution in [0.15, 0.2) is 42.5 Å². The predicted molar refractivity (Wildman–Crippen MR) is 85.9 cm³/mol. The van der Waals surface area contributed by atoms with Crippen LogP contribution in [-0.2, 0) is 6.54 Å². The molecule has 20 heavy (non-hydrogen) atoms. The molecule has 0 radical (unpaired) electrons. The van der Waals surface area contributed by atoms with Crippen LogP contribution in [0.25, 0.3) is 10.8 Å². The highest BCUT2D eigenvalue weighted by Crippen LogP contribution is 2.17. The average molecular weight is 268 g/mol. The van der Waals surface area contributed by atoms with Crippen molar-refractivity contribution in [2.75, 3.05) is 26.2 Å². The normalized spacial score (nSPS) is 19.8. The summed E-state index contributed by atoms with van der Waals surface area (Å²) in [7, 11) is 0. The molecule has 0 aliphatic carbocycles. The van der Waals surface area contributed by atoms with Gasteiger partial charge in [-0.3, -0.25) is 0 Å². The van der Waals surface area contributed by atoms with Gasteiger partial charge in [0.25, 0.3) is 0 Å². The average Bonchev–Trinajstić information content (AvgIpc) is 2.95. The smallest absolute Gasteiger partial charge is 0.0205 e. The highest BCUT2D eigenvalue weighted by atomic mass is 15.1. The van der Waals surface area contributed by atoms with Gasteiger partial charge in [0.15, 0.2) is 0 Å². The molecule has 0 spiro atoms. The summed E-state index contributed by atoms with van der Waals surface area (Å²) in [5.41, 5.74) is 1.38. The fraction of sp³-hybridized carbons (Fsp3) is 0.444. The molecule has 1 aliphatic heterocycles. The minimum Gasteiger partial charge on any atom is -0.312 e. The first-order chi connectivity index (χ1) is 9.85. The van der Waals surface area contributed by atoms with Crippen LogP contribution < -0.4 is 5.32 Å². The highest BCUT2D eigenvalue weighted by Gasteiger charge is 2.20. The van der Waals surface area contributed by atoms with Crippen molar-refractivity contribution in [1.82, 2.24) is 10.2 Å². The molecule has 0 bridgehead atoms. The number of hydrogen-bond donors (Lipinski definition) is 1. The van der Waals surface area contributed by atoms with Crippen LogP contribution in [0.4, 0.5) is 0 Å². The second-order valence-electron chi connectivity index (χ2n) is 5.86. The second-order valence-corrected chi connectivity index (χ2v) is 5.86. The van der Waals surface area contributed by atoms with Gasteiger partial charge >= 0.3 is 0 Å². The molecule has 106 valence electrons. The Labute approximate surface area is 121 Å². The van der Waals surface area contributed by atoms with Crippen LogP contribution in [0.1, 0.15) is 18.9 Å². The molecule has 1 fully saturated rings. The Bertz CT molecular complexity index is 564. The van der Waals surface area contributed by atoms with Gasteiger partial charge in [0.1, 0.15) is 0 Å². The number of benzene rings is 2. The van der Waals surface area contributed by atoms with Gasteiger partial charge in [-0.25, -0.2) is 0 Å². The topological polar surface area (TPSA) is 15.3 Å². The number of rotatable bonds is 5. The first kappa shape index (κ1) is 13.6. The van der Waals surface area contributed by atoms with Crippen molar-refractivity contribution in [3.8, 4) is 0 Å². The first-order valence-corrected chi connectivity index (χ1v) is 7.76. The van der Waals surface area contributed by atoms with Crippen LogP contribution in [0.5, 0.6) is 0 Å². The summed E-state index contributed by atoms with van der Waals surface area (Å²) in [5, 5.41) is 6.29. The Morgan fingerprint density at radius 3 is 2.80 bits per heavy atom. The summed E-state index contributed by atoms with van der Waals surface area (Å²) in [6.07, 6.45) is 1.35. The van der Waals surface area contributed by atoms with Gasteiger partial charge in [-0.05, 0) is 54.4 Å².